The fourth-order valence-electron chi connectivity index (χ4n) is 1.70. The normalized spacial score (nSPS) is 10.8. The van der Waals surface area contributed by atoms with Crippen LogP contribution in [0.1, 0.15) is 11.1 Å². The summed E-state index contributed by atoms with van der Waals surface area (Å²) in [5.74, 6) is -0.899. The molecule has 0 aliphatic carbocycles. The quantitative estimate of drug-likeness (QED) is 0.819. The zero-order valence-electron chi connectivity index (χ0n) is 10.9. The Hall–Kier alpha value is -2.14. The number of carbonyl (C=O) groups is 1. The Kier molecular flexibility index (Phi) is 5.11. The fraction of sp³-hybridized carbons (Fsp3) is 0.0625. The van der Waals surface area contributed by atoms with Gasteiger partial charge in [-0.2, -0.15) is 0 Å². The summed E-state index contributed by atoms with van der Waals surface area (Å²) < 4.78 is 19.9. The first-order valence-corrected chi connectivity index (χ1v) is 6.92. The van der Waals surface area contributed by atoms with Crippen molar-refractivity contribution in [1.82, 2.24) is 0 Å². The standard InChI is InChI=1S/C16H12BrFO3/c17-13-7-5-12(14(18)9-13)10-21-15-4-2-1-3-11(15)6-8-16(19)20/h1-9H,10H2,(H,19,20)/b8-6+. The van der Waals surface area contributed by atoms with Gasteiger partial charge in [0.1, 0.15) is 18.2 Å². The van der Waals surface area contributed by atoms with Crippen molar-refractivity contribution in [2.45, 2.75) is 6.61 Å². The number of carboxylic acids is 1. The predicted octanol–water partition coefficient (Wildman–Crippen LogP) is 4.27. The smallest absolute Gasteiger partial charge is 0.328 e. The van der Waals surface area contributed by atoms with E-state index in [-0.39, 0.29) is 12.4 Å². The van der Waals surface area contributed by atoms with Crippen molar-refractivity contribution in [1.29, 1.82) is 0 Å². The third kappa shape index (κ3) is 4.43. The molecule has 2 aromatic carbocycles. The zero-order chi connectivity index (χ0) is 15.2. The Balaban J connectivity index is 2.14. The summed E-state index contributed by atoms with van der Waals surface area (Å²) in [5, 5.41) is 8.65. The van der Waals surface area contributed by atoms with Crippen LogP contribution in [0.15, 0.2) is 53.0 Å². The van der Waals surface area contributed by atoms with E-state index in [2.05, 4.69) is 15.9 Å². The number of hydrogen-bond donors (Lipinski definition) is 1. The Labute approximate surface area is 129 Å². The number of rotatable bonds is 5. The van der Waals surface area contributed by atoms with Crippen molar-refractivity contribution in [3.05, 3.63) is 70.0 Å². The summed E-state index contributed by atoms with van der Waals surface area (Å²) >= 11 is 3.19. The monoisotopic (exact) mass is 350 g/mol. The average Bonchev–Trinajstić information content (AvgIpc) is 2.45. The number of para-hydroxylation sites is 1. The summed E-state index contributed by atoms with van der Waals surface area (Å²) in [6.45, 7) is 0.0665. The second-order valence-electron chi connectivity index (χ2n) is 4.23. The molecule has 0 spiro atoms. The number of aliphatic carboxylic acids is 1. The molecule has 0 fully saturated rings. The molecule has 2 aromatic rings. The molecule has 5 heteroatoms. The molecule has 1 N–H and O–H groups in total. The number of benzene rings is 2. The van der Waals surface area contributed by atoms with Gasteiger partial charge in [-0.15, -0.1) is 0 Å². The number of carboxylic acid groups (broad SMARTS) is 1. The second-order valence-corrected chi connectivity index (χ2v) is 5.15. The molecule has 0 radical (unpaired) electrons. The van der Waals surface area contributed by atoms with Gasteiger partial charge in [-0.3, -0.25) is 0 Å². The first-order valence-electron chi connectivity index (χ1n) is 6.13. The van der Waals surface area contributed by atoms with Crippen LogP contribution in [-0.4, -0.2) is 11.1 Å². The van der Waals surface area contributed by atoms with Crippen LogP contribution in [0.4, 0.5) is 4.39 Å². The number of hydrogen-bond acceptors (Lipinski definition) is 2. The van der Waals surface area contributed by atoms with Crippen LogP contribution < -0.4 is 4.74 Å². The minimum Gasteiger partial charge on any atom is -0.488 e. The van der Waals surface area contributed by atoms with Gasteiger partial charge in [-0.05, 0) is 24.3 Å². The third-order valence-electron chi connectivity index (χ3n) is 2.72. The predicted molar refractivity (Wildman–Crippen MR) is 81.5 cm³/mol. The summed E-state index contributed by atoms with van der Waals surface area (Å²) in [6.07, 6.45) is 2.47. The van der Waals surface area contributed by atoms with E-state index in [9.17, 15) is 9.18 Å². The molecule has 0 saturated heterocycles. The molecular formula is C16H12BrFO3. The largest absolute Gasteiger partial charge is 0.488 e. The molecule has 108 valence electrons. The van der Waals surface area contributed by atoms with Crippen molar-refractivity contribution in [2.24, 2.45) is 0 Å². The van der Waals surface area contributed by atoms with Crippen molar-refractivity contribution in [3.8, 4) is 5.75 Å². The maximum atomic E-state index is 13.7. The molecule has 0 unspecified atom stereocenters. The van der Waals surface area contributed by atoms with Gasteiger partial charge in [0, 0.05) is 21.7 Å². The Morgan fingerprint density at radius 1 is 1.29 bits per heavy atom. The minimum atomic E-state index is -1.04. The van der Waals surface area contributed by atoms with Crippen LogP contribution in [0.25, 0.3) is 6.08 Å². The lowest BCUT2D eigenvalue weighted by molar-refractivity contribution is -0.131. The van der Waals surface area contributed by atoms with Crippen LogP contribution in [0.3, 0.4) is 0 Å². The van der Waals surface area contributed by atoms with Crippen molar-refractivity contribution >= 4 is 28.0 Å². The topological polar surface area (TPSA) is 46.5 Å². The van der Waals surface area contributed by atoms with Crippen LogP contribution in [0.5, 0.6) is 5.75 Å². The van der Waals surface area contributed by atoms with Crippen molar-refractivity contribution in [2.75, 3.05) is 0 Å². The Morgan fingerprint density at radius 3 is 2.76 bits per heavy atom. The van der Waals surface area contributed by atoms with E-state index in [1.54, 1.807) is 36.4 Å². The lowest BCUT2D eigenvalue weighted by atomic mass is 10.2. The number of halogens is 2. The van der Waals surface area contributed by atoms with Crippen LogP contribution in [-0.2, 0) is 11.4 Å². The van der Waals surface area contributed by atoms with E-state index < -0.39 is 5.97 Å². The molecule has 0 aliphatic heterocycles. The van der Waals surface area contributed by atoms with Gasteiger partial charge in [-0.25, -0.2) is 9.18 Å². The van der Waals surface area contributed by atoms with Crippen LogP contribution in [0.2, 0.25) is 0 Å². The summed E-state index contributed by atoms with van der Waals surface area (Å²) in [6, 6.07) is 11.7. The summed E-state index contributed by atoms with van der Waals surface area (Å²) in [5.41, 5.74) is 1.05. The van der Waals surface area contributed by atoms with Crippen molar-refractivity contribution < 1.29 is 19.0 Å². The third-order valence-corrected chi connectivity index (χ3v) is 3.22. The van der Waals surface area contributed by atoms with E-state index in [1.165, 1.54) is 12.1 Å². The Bertz CT molecular complexity index is 683. The number of ether oxygens (including phenoxy) is 1. The van der Waals surface area contributed by atoms with Gasteiger partial charge >= 0.3 is 5.97 Å². The Morgan fingerprint density at radius 2 is 2.05 bits per heavy atom. The van der Waals surface area contributed by atoms with Gasteiger partial charge < -0.3 is 9.84 Å². The SMILES string of the molecule is O=C(O)/C=C/c1ccccc1OCc1ccc(Br)cc1F. The van der Waals surface area contributed by atoms with Crippen LogP contribution >= 0.6 is 15.9 Å². The van der Waals surface area contributed by atoms with E-state index in [4.69, 9.17) is 9.84 Å². The summed E-state index contributed by atoms with van der Waals surface area (Å²) in [4.78, 5) is 10.6. The maximum absolute atomic E-state index is 13.7. The van der Waals surface area contributed by atoms with Gasteiger partial charge in [-0.1, -0.05) is 40.2 Å². The minimum absolute atomic E-state index is 0.0665. The molecular weight excluding hydrogens is 339 g/mol. The van der Waals surface area contributed by atoms with Gasteiger partial charge in [0.2, 0.25) is 0 Å². The highest BCUT2D eigenvalue weighted by Crippen LogP contribution is 2.22. The van der Waals surface area contributed by atoms with E-state index >= 15 is 0 Å². The van der Waals surface area contributed by atoms with Crippen LogP contribution in [0, 0.1) is 5.82 Å². The molecule has 0 aliphatic rings. The van der Waals surface area contributed by atoms with E-state index in [0.717, 1.165) is 6.08 Å². The second kappa shape index (κ2) is 7.04. The molecule has 3 nitrogen and oxygen atoms in total. The van der Waals surface area contributed by atoms with Gasteiger partial charge in [0.15, 0.2) is 0 Å². The van der Waals surface area contributed by atoms with Gasteiger partial charge in [0.05, 0.1) is 0 Å². The van der Waals surface area contributed by atoms with E-state index in [1.807, 2.05) is 0 Å². The zero-order valence-corrected chi connectivity index (χ0v) is 12.5. The lowest BCUT2D eigenvalue weighted by Gasteiger charge is -2.10. The molecule has 0 heterocycles. The molecule has 2 rings (SSSR count). The molecule has 0 atom stereocenters. The lowest BCUT2D eigenvalue weighted by Crippen LogP contribution is -1.99. The molecule has 0 amide bonds. The highest BCUT2D eigenvalue weighted by atomic mass is 79.9. The maximum Gasteiger partial charge on any atom is 0.328 e. The fourth-order valence-corrected chi connectivity index (χ4v) is 2.04. The van der Waals surface area contributed by atoms with E-state index in [0.29, 0.717) is 21.3 Å². The average molecular weight is 351 g/mol. The molecule has 21 heavy (non-hydrogen) atoms. The molecule has 0 saturated carbocycles. The van der Waals surface area contributed by atoms with Crippen molar-refractivity contribution in [3.63, 3.8) is 0 Å². The molecule has 0 bridgehead atoms. The first kappa shape index (κ1) is 15.3. The molecule has 0 aromatic heterocycles. The highest BCUT2D eigenvalue weighted by Gasteiger charge is 2.06. The van der Waals surface area contributed by atoms with Gasteiger partial charge in [0.25, 0.3) is 0 Å². The highest BCUT2D eigenvalue weighted by molar-refractivity contribution is 9.10. The first-order chi connectivity index (χ1) is 10.1. The summed E-state index contributed by atoms with van der Waals surface area (Å²) in [7, 11) is 0.